The number of nitrogens with zero attached hydrogens (tertiary/aromatic N) is 2. The number of carbonyl (C=O) groups is 2. The van der Waals surface area contributed by atoms with Gasteiger partial charge in [-0.2, -0.15) is 9.29 Å². The van der Waals surface area contributed by atoms with Gasteiger partial charge in [0, 0.05) is 19.0 Å². The first-order chi connectivity index (χ1) is 30.5. The molecule has 2 rings (SSSR count). The Kier molecular flexibility index (Phi) is 29.4. The number of carbonyl (C=O) groups excluding carboxylic acids is 2. The molecule has 7 atom stereocenters. The number of aliphatic hydroxyl groups excluding tert-OH is 2. The molecule has 0 spiro atoms. The average Bonchev–Trinajstić information content (AvgIpc) is 3.51. The summed E-state index contributed by atoms with van der Waals surface area (Å²) in [5, 5.41) is 20.9. The molecule has 0 amide bonds. The predicted octanol–water partition coefficient (Wildman–Crippen LogP) is 8.52. The summed E-state index contributed by atoms with van der Waals surface area (Å²) < 4.78 is 56.6. The number of unbranched alkanes of at least 4 members (excludes halogenated alkanes) is 16. The molecule has 1 fully saturated rings. The molecule has 368 valence electrons. The minimum absolute atomic E-state index is 0.0339. The number of hydrogen-bond donors (Lipinski definition) is 5. The minimum atomic E-state index is -5.42. The van der Waals surface area contributed by atoms with Crippen LogP contribution < -0.4 is 11.4 Å². The van der Waals surface area contributed by atoms with Gasteiger partial charge in [0.2, 0.25) is 0 Å². The quantitative estimate of drug-likeness (QED) is 0.0181. The molecule has 1 aromatic rings. The van der Waals surface area contributed by atoms with Gasteiger partial charge < -0.3 is 39.9 Å². The molecule has 1 aromatic heterocycles. The van der Waals surface area contributed by atoms with Crippen molar-refractivity contribution in [1.82, 2.24) is 9.55 Å². The maximum absolute atomic E-state index is 12.8. The molecule has 3 unspecified atom stereocenters. The van der Waals surface area contributed by atoms with Crippen LogP contribution in [0, 0.1) is 5.92 Å². The van der Waals surface area contributed by atoms with E-state index in [0.29, 0.717) is 12.8 Å². The van der Waals surface area contributed by atoms with Crippen LogP contribution in [-0.2, 0) is 46.3 Å². The van der Waals surface area contributed by atoms with E-state index in [2.05, 4.69) is 54.4 Å². The molecule has 64 heavy (non-hydrogen) atoms. The van der Waals surface area contributed by atoms with Crippen LogP contribution in [0.15, 0.2) is 41.4 Å². The summed E-state index contributed by atoms with van der Waals surface area (Å²) in [6.45, 7) is 4.35. The fourth-order valence-corrected chi connectivity index (χ4v) is 8.95. The Labute approximate surface area is 379 Å². The van der Waals surface area contributed by atoms with Crippen LogP contribution in [0.2, 0.25) is 0 Å². The van der Waals surface area contributed by atoms with Crippen LogP contribution in [0.25, 0.3) is 0 Å². The van der Waals surface area contributed by atoms with Gasteiger partial charge in [0.1, 0.15) is 30.7 Å². The van der Waals surface area contributed by atoms with Gasteiger partial charge in [-0.1, -0.05) is 135 Å². The Morgan fingerprint density at radius 3 is 1.94 bits per heavy atom. The molecule has 0 aliphatic carbocycles. The monoisotopic (exact) mass is 949 g/mol. The van der Waals surface area contributed by atoms with Crippen molar-refractivity contribution in [1.29, 1.82) is 0 Å². The summed E-state index contributed by atoms with van der Waals surface area (Å²) in [5.41, 5.74) is 4.58. The van der Waals surface area contributed by atoms with Crippen LogP contribution in [0.1, 0.15) is 168 Å². The van der Waals surface area contributed by atoms with E-state index in [1.54, 1.807) is 0 Å². The van der Waals surface area contributed by atoms with Crippen molar-refractivity contribution in [2.24, 2.45) is 5.92 Å². The summed E-state index contributed by atoms with van der Waals surface area (Å²) in [7, 11) is -10.8. The van der Waals surface area contributed by atoms with Gasteiger partial charge in [-0.3, -0.25) is 23.2 Å². The molecule has 0 radical (unpaired) electrons. The highest BCUT2D eigenvalue weighted by atomic mass is 31.3. The largest absolute Gasteiger partial charge is 0.481 e. The first kappa shape index (κ1) is 57.4. The van der Waals surface area contributed by atoms with Gasteiger partial charge >= 0.3 is 33.3 Å². The molecule has 1 aliphatic rings. The molecule has 1 aliphatic heterocycles. The van der Waals surface area contributed by atoms with Gasteiger partial charge in [0.05, 0.1) is 13.2 Å². The number of nitrogens with two attached hydrogens (primary N) is 1. The number of nitrogen functional groups attached to an aromatic ring is 1. The Balaban J connectivity index is 1.84. The summed E-state index contributed by atoms with van der Waals surface area (Å²) in [4.78, 5) is 61.7. The third-order valence-electron chi connectivity index (χ3n) is 10.5. The van der Waals surface area contributed by atoms with Crippen LogP contribution in [-0.4, -0.2) is 85.7 Å². The second-order valence-electron chi connectivity index (χ2n) is 16.8. The number of phosphoric acid groups is 2. The summed E-state index contributed by atoms with van der Waals surface area (Å²) in [6.07, 6.45) is 22.9. The highest BCUT2D eigenvalue weighted by Crippen LogP contribution is 2.60. The Morgan fingerprint density at radius 2 is 1.34 bits per heavy atom. The predicted molar refractivity (Wildman–Crippen MR) is 243 cm³/mol. The van der Waals surface area contributed by atoms with Crippen molar-refractivity contribution in [3.63, 3.8) is 0 Å². The van der Waals surface area contributed by atoms with E-state index in [1.807, 2.05) is 0 Å². The molecular weight excluding hydrogens is 872 g/mol. The highest BCUT2D eigenvalue weighted by molar-refractivity contribution is 7.61. The molecule has 2 heterocycles. The van der Waals surface area contributed by atoms with E-state index in [1.165, 1.54) is 57.4 Å². The molecule has 1 saturated heterocycles. The van der Waals surface area contributed by atoms with Crippen molar-refractivity contribution in [2.75, 3.05) is 25.6 Å². The van der Waals surface area contributed by atoms with Crippen molar-refractivity contribution in [2.45, 2.75) is 193 Å². The average molecular weight is 950 g/mol. The zero-order valence-electron chi connectivity index (χ0n) is 38.3. The Bertz CT molecular complexity index is 1680. The van der Waals surface area contributed by atoms with Crippen LogP contribution in [0.3, 0.4) is 0 Å². The standard InChI is InChI=1S/C44H77N3O15P2/c1-4-5-6-7-8-9-10-11-12-13-14-15-20-23-26-29-40(49)60-36(32-57-39(48)28-25-22-19-17-16-18-21-24-27-35(2)3)33-58-63(53,54)62-64(55,56)59-34-37-41(50)42(51)43(61-37)47-31-30-38(45)46-44(47)52/h9-12,30-31,35-37,41-43,50-51H,4-8,13-29,32-34H2,1-3H3,(H,53,54)(H,55,56)(H2,45,46,52)/b10-9-,12-11-/t36-,37-,41+,42?,43-/m1/s1. The summed E-state index contributed by atoms with van der Waals surface area (Å²) in [5.74, 6) is -0.593. The second-order valence-corrected chi connectivity index (χ2v) is 19.8. The number of hydrogen-bond acceptors (Lipinski definition) is 15. The highest BCUT2D eigenvalue weighted by Gasteiger charge is 2.46. The number of aliphatic hydroxyl groups is 2. The maximum Gasteiger partial charge on any atom is 0.481 e. The number of ether oxygens (including phenoxy) is 3. The normalized spacial score (nSPS) is 20.2. The van der Waals surface area contributed by atoms with Crippen molar-refractivity contribution in [3.8, 4) is 0 Å². The molecule has 0 bridgehead atoms. The topological polar surface area (TPSA) is 265 Å². The fourth-order valence-electron chi connectivity index (χ4n) is 6.84. The van der Waals surface area contributed by atoms with E-state index in [-0.39, 0.29) is 18.7 Å². The fraction of sp³-hybridized carbons (Fsp3) is 0.773. The SMILES string of the molecule is CCCCCC/C=C\C=C/CCCCCCCC(=O)O[C@H](COC(=O)CCCCCCCCCCC(C)C)COP(=O)(O)OP(=O)(O)OC[C@H]1O[C@@H](n2ccc(N)nc2=O)C(O)[C@H]1O. The van der Waals surface area contributed by atoms with Crippen LogP contribution in [0.5, 0.6) is 0 Å². The number of rotatable bonds is 37. The molecule has 0 aromatic carbocycles. The van der Waals surface area contributed by atoms with Crippen molar-refractivity contribution >= 4 is 33.4 Å². The lowest BCUT2D eigenvalue weighted by molar-refractivity contribution is -0.161. The van der Waals surface area contributed by atoms with Gasteiger partial charge in [0.15, 0.2) is 12.3 Å². The third kappa shape index (κ3) is 26.4. The molecule has 18 nitrogen and oxygen atoms in total. The van der Waals surface area contributed by atoms with Gasteiger partial charge in [-0.15, -0.1) is 0 Å². The lowest BCUT2D eigenvalue weighted by Crippen LogP contribution is -2.36. The number of esters is 2. The molecule has 6 N–H and O–H groups in total. The summed E-state index contributed by atoms with van der Waals surface area (Å²) >= 11 is 0. The zero-order chi connectivity index (χ0) is 47.2. The van der Waals surface area contributed by atoms with Gasteiger partial charge in [-0.05, 0) is 50.5 Å². The Morgan fingerprint density at radius 1 is 0.797 bits per heavy atom. The van der Waals surface area contributed by atoms with Crippen molar-refractivity contribution < 1.29 is 66.3 Å². The van der Waals surface area contributed by atoms with Crippen molar-refractivity contribution in [3.05, 3.63) is 47.1 Å². The van der Waals surface area contributed by atoms with Crippen LogP contribution in [0.4, 0.5) is 5.82 Å². The first-order valence-electron chi connectivity index (χ1n) is 23.2. The molecular formula is C44H77N3O15P2. The van der Waals surface area contributed by atoms with Crippen LogP contribution >= 0.6 is 15.6 Å². The number of anilines is 1. The number of phosphoric ester groups is 2. The molecule has 0 saturated carbocycles. The first-order valence-corrected chi connectivity index (χ1v) is 26.2. The lowest BCUT2D eigenvalue weighted by Gasteiger charge is -2.21. The minimum Gasteiger partial charge on any atom is -0.462 e. The second kappa shape index (κ2) is 32.8. The Hall–Kier alpha value is -2.76. The summed E-state index contributed by atoms with van der Waals surface area (Å²) in [6, 6.07) is 1.25. The maximum atomic E-state index is 12.8. The number of aromatic nitrogens is 2. The zero-order valence-corrected chi connectivity index (χ0v) is 40.0. The van der Waals surface area contributed by atoms with E-state index in [9.17, 15) is 43.5 Å². The third-order valence-corrected chi connectivity index (χ3v) is 13.1. The van der Waals surface area contributed by atoms with Gasteiger partial charge in [0.25, 0.3) is 0 Å². The smallest absolute Gasteiger partial charge is 0.462 e. The van der Waals surface area contributed by atoms with E-state index in [0.717, 1.165) is 80.9 Å². The van der Waals surface area contributed by atoms with E-state index in [4.69, 9.17) is 29.0 Å². The lowest BCUT2D eigenvalue weighted by atomic mass is 10.0. The number of allylic oxidation sites excluding steroid dienone is 4. The van der Waals surface area contributed by atoms with E-state index >= 15 is 0 Å². The van der Waals surface area contributed by atoms with Gasteiger partial charge in [-0.25, -0.2) is 13.9 Å². The van der Waals surface area contributed by atoms with E-state index < -0.39 is 83.7 Å². The molecule has 20 heteroatoms.